The number of aliphatic hydroxyl groups is 2. The first-order valence-corrected chi connectivity index (χ1v) is 4.21. The van der Waals surface area contributed by atoms with Gasteiger partial charge in [-0.15, -0.1) is 0 Å². The first kappa shape index (κ1) is 9.04. The van der Waals surface area contributed by atoms with Gasteiger partial charge in [-0.05, 0) is 0 Å². The van der Waals surface area contributed by atoms with E-state index in [4.69, 9.17) is 5.11 Å². The highest BCUT2D eigenvalue weighted by Gasteiger charge is 2.08. The van der Waals surface area contributed by atoms with Crippen molar-refractivity contribution in [1.82, 2.24) is 19.7 Å². The summed E-state index contributed by atoms with van der Waals surface area (Å²) < 4.78 is 1.54. The lowest BCUT2D eigenvalue weighted by Crippen LogP contribution is -2.20. The van der Waals surface area contributed by atoms with E-state index in [9.17, 15) is 5.11 Å². The highest BCUT2D eigenvalue weighted by Crippen LogP contribution is 2.08. The van der Waals surface area contributed by atoms with Crippen LogP contribution in [-0.2, 0) is 6.54 Å². The monoisotopic (exact) mass is 194 g/mol. The molecule has 0 aromatic carbocycles. The molecule has 0 saturated heterocycles. The molecule has 6 nitrogen and oxygen atoms in total. The number of aliphatic hydroxyl groups excluding tert-OH is 2. The van der Waals surface area contributed by atoms with Crippen LogP contribution in [0.25, 0.3) is 11.0 Å². The van der Waals surface area contributed by atoms with Gasteiger partial charge in [0.05, 0.1) is 30.8 Å². The molecule has 2 heterocycles. The second-order valence-electron chi connectivity index (χ2n) is 2.96. The molecule has 0 aliphatic rings. The maximum atomic E-state index is 9.23. The van der Waals surface area contributed by atoms with Crippen LogP contribution >= 0.6 is 0 Å². The molecule has 0 saturated carbocycles. The Bertz CT molecular complexity index is 428. The Labute approximate surface area is 79.8 Å². The van der Waals surface area contributed by atoms with Crippen LogP contribution in [0, 0.1) is 0 Å². The molecule has 1 atom stereocenters. The van der Waals surface area contributed by atoms with Crippen LogP contribution in [0.1, 0.15) is 0 Å². The van der Waals surface area contributed by atoms with Gasteiger partial charge in [0.2, 0.25) is 0 Å². The molecule has 0 spiro atoms. The fourth-order valence-electron chi connectivity index (χ4n) is 1.22. The Morgan fingerprint density at radius 2 is 2.29 bits per heavy atom. The summed E-state index contributed by atoms with van der Waals surface area (Å²) in [6.45, 7) is -0.0521. The van der Waals surface area contributed by atoms with Crippen LogP contribution in [0.15, 0.2) is 18.7 Å². The van der Waals surface area contributed by atoms with Crippen molar-refractivity contribution in [3.8, 4) is 0 Å². The number of hydrogen-bond acceptors (Lipinski definition) is 5. The minimum absolute atomic E-state index is 0.233. The SMILES string of the molecule is OCC(O)Cn1ncc2cncnc21. The second kappa shape index (κ2) is 3.69. The zero-order valence-corrected chi connectivity index (χ0v) is 7.41. The van der Waals surface area contributed by atoms with Gasteiger partial charge >= 0.3 is 0 Å². The molecule has 14 heavy (non-hydrogen) atoms. The zero-order chi connectivity index (χ0) is 9.97. The van der Waals surface area contributed by atoms with Crippen LogP contribution < -0.4 is 0 Å². The number of rotatable bonds is 3. The fraction of sp³-hybridized carbons (Fsp3) is 0.375. The van der Waals surface area contributed by atoms with Gasteiger partial charge in [-0.25, -0.2) is 14.6 Å². The van der Waals surface area contributed by atoms with Crippen LogP contribution in [0.2, 0.25) is 0 Å². The molecule has 0 bridgehead atoms. The van der Waals surface area contributed by atoms with E-state index >= 15 is 0 Å². The normalized spacial score (nSPS) is 13.3. The van der Waals surface area contributed by atoms with Crippen molar-refractivity contribution < 1.29 is 10.2 Å². The Balaban J connectivity index is 2.33. The smallest absolute Gasteiger partial charge is 0.161 e. The van der Waals surface area contributed by atoms with Crippen molar-refractivity contribution in [2.75, 3.05) is 6.61 Å². The Morgan fingerprint density at radius 3 is 3.07 bits per heavy atom. The van der Waals surface area contributed by atoms with Crippen molar-refractivity contribution in [2.24, 2.45) is 0 Å². The van der Waals surface area contributed by atoms with Gasteiger partial charge in [0.25, 0.3) is 0 Å². The molecular weight excluding hydrogens is 184 g/mol. The maximum absolute atomic E-state index is 9.23. The van der Waals surface area contributed by atoms with Gasteiger partial charge < -0.3 is 10.2 Å². The number of aromatic nitrogens is 4. The molecular formula is C8H10N4O2. The molecule has 0 radical (unpaired) electrons. The van der Waals surface area contributed by atoms with E-state index in [2.05, 4.69) is 15.1 Å². The summed E-state index contributed by atoms with van der Waals surface area (Å²) >= 11 is 0. The predicted molar refractivity (Wildman–Crippen MR) is 48.4 cm³/mol. The van der Waals surface area contributed by atoms with Crippen LogP contribution in [0.5, 0.6) is 0 Å². The molecule has 0 amide bonds. The topological polar surface area (TPSA) is 84.1 Å². The third-order valence-corrected chi connectivity index (χ3v) is 1.89. The second-order valence-corrected chi connectivity index (χ2v) is 2.96. The van der Waals surface area contributed by atoms with E-state index in [1.807, 2.05) is 0 Å². The molecule has 6 heteroatoms. The first-order chi connectivity index (χ1) is 6.81. The molecule has 0 fully saturated rings. The highest BCUT2D eigenvalue weighted by molar-refractivity contribution is 5.72. The maximum Gasteiger partial charge on any atom is 0.161 e. The number of nitrogens with zero attached hydrogens (tertiary/aromatic N) is 4. The average Bonchev–Trinajstić information content (AvgIpc) is 2.62. The van der Waals surface area contributed by atoms with Crippen LogP contribution in [0.3, 0.4) is 0 Å². The predicted octanol–water partition coefficient (Wildman–Crippen LogP) is -0.821. The van der Waals surface area contributed by atoms with Crippen LogP contribution in [-0.4, -0.2) is 42.7 Å². The quantitative estimate of drug-likeness (QED) is 0.667. The van der Waals surface area contributed by atoms with E-state index in [1.54, 1.807) is 12.4 Å². The minimum Gasteiger partial charge on any atom is -0.394 e. The van der Waals surface area contributed by atoms with E-state index < -0.39 is 6.10 Å². The first-order valence-electron chi connectivity index (χ1n) is 4.21. The zero-order valence-electron chi connectivity index (χ0n) is 7.41. The summed E-state index contributed by atoms with van der Waals surface area (Å²) in [4.78, 5) is 7.87. The minimum atomic E-state index is -0.812. The molecule has 2 aromatic heterocycles. The van der Waals surface area contributed by atoms with E-state index in [-0.39, 0.29) is 13.2 Å². The van der Waals surface area contributed by atoms with E-state index in [0.717, 1.165) is 5.39 Å². The Morgan fingerprint density at radius 1 is 1.43 bits per heavy atom. The van der Waals surface area contributed by atoms with E-state index in [0.29, 0.717) is 5.65 Å². The summed E-state index contributed by atoms with van der Waals surface area (Å²) in [6, 6.07) is 0. The molecule has 2 rings (SSSR count). The summed E-state index contributed by atoms with van der Waals surface area (Å²) in [5.41, 5.74) is 0.660. The average molecular weight is 194 g/mol. The van der Waals surface area contributed by atoms with Gasteiger partial charge in [0, 0.05) is 6.20 Å². The van der Waals surface area contributed by atoms with Crippen molar-refractivity contribution in [1.29, 1.82) is 0 Å². The standard InChI is InChI=1S/C8H10N4O2/c13-4-7(14)3-12-8-6(2-11-12)1-9-5-10-8/h1-2,5,7,13-14H,3-4H2. The number of fused-ring (bicyclic) bond motifs is 1. The van der Waals surface area contributed by atoms with Crippen molar-refractivity contribution >= 4 is 11.0 Å². The van der Waals surface area contributed by atoms with E-state index in [1.165, 1.54) is 11.0 Å². The number of hydrogen-bond donors (Lipinski definition) is 2. The van der Waals surface area contributed by atoms with Gasteiger partial charge in [-0.3, -0.25) is 0 Å². The van der Waals surface area contributed by atoms with Crippen molar-refractivity contribution in [3.05, 3.63) is 18.7 Å². The lowest BCUT2D eigenvalue weighted by molar-refractivity contribution is 0.0792. The Kier molecular flexibility index (Phi) is 2.38. The summed E-state index contributed by atoms with van der Waals surface area (Å²) in [5, 5.41) is 22.8. The third kappa shape index (κ3) is 1.57. The van der Waals surface area contributed by atoms with Gasteiger partial charge in [-0.2, -0.15) is 5.10 Å². The molecule has 0 aliphatic heterocycles. The molecule has 0 aliphatic carbocycles. The van der Waals surface area contributed by atoms with Crippen LogP contribution in [0.4, 0.5) is 0 Å². The summed E-state index contributed by atoms with van der Waals surface area (Å²) in [5.74, 6) is 0. The molecule has 74 valence electrons. The lowest BCUT2D eigenvalue weighted by atomic mass is 10.4. The fourth-order valence-corrected chi connectivity index (χ4v) is 1.22. The van der Waals surface area contributed by atoms with Gasteiger partial charge in [0.15, 0.2) is 5.65 Å². The van der Waals surface area contributed by atoms with Crippen molar-refractivity contribution in [3.63, 3.8) is 0 Å². The third-order valence-electron chi connectivity index (χ3n) is 1.89. The molecule has 2 N–H and O–H groups in total. The largest absolute Gasteiger partial charge is 0.394 e. The Hall–Kier alpha value is -1.53. The van der Waals surface area contributed by atoms with Crippen molar-refractivity contribution in [2.45, 2.75) is 12.6 Å². The molecule has 1 unspecified atom stereocenters. The van der Waals surface area contributed by atoms with Gasteiger partial charge in [-0.1, -0.05) is 0 Å². The van der Waals surface area contributed by atoms with Gasteiger partial charge in [0.1, 0.15) is 6.33 Å². The summed E-state index contributed by atoms with van der Waals surface area (Å²) in [6.07, 6.45) is 3.88. The lowest BCUT2D eigenvalue weighted by Gasteiger charge is -2.06. The summed E-state index contributed by atoms with van der Waals surface area (Å²) in [7, 11) is 0. The highest BCUT2D eigenvalue weighted by atomic mass is 16.3. The molecule has 2 aromatic rings.